The van der Waals surface area contributed by atoms with Gasteiger partial charge in [0.15, 0.2) is 5.78 Å². The molecule has 0 aliphatic carbocycles. The Balaban J connectivity index is 2.56. The molecule has 0 atom stereocenters. The first-order valence-electron chi connectivity index (χ1n) is 4.97. The van der Waals surface area contributed by atoms with E-state index in [0.717, 1.165) is 6.29 Å². The topological polar surface area (TPSA) is 43.4 Å². The number of aldehydes is 1. The maximum atomic E-state index is 11.3. The van der Waals surface area contributed by atoms with Crippen molar-refractivity contribution in [3.63, 3.8) is 0 Å². The molecule has 0 fully saturated rings. The number of hydrogen-bond acceptors (Lipinski definition) is 3. The van der Waals surface area contributed by atoms with Gasteiger partial charge in [-0.1, -0.05) is 6.92 Å². The standard InChI is InChI=1S/C12H14O3/c1-2-12(14)10-4-6-11(7-5-10)15-9-3-8-13/h4-8H,2-3,9H2,1H3. The third-order valence-electron chi connectivity index (χ3n) is 2.00. The van der Waals surface area contributed by atoms with Gasteiger partial charge in [0.2, 0.25) is 0 Å². The number of carbonyl (C=O) groups is 2. The van der Waals surface area contributed by atoms with Crippen LogP contribution in [0.15, 0.2) is 24.3 Å². The Morgan fingerprint density at radius 3 is 2.53 bits per heavy atom. The number of carbonyl (C=O) groups excluding carboxylic acids is 2. The fourth-order valence-corrected chi connectivity index (χ4v) is 1.17. The minimum absolute atomic E-state index is 0.120. The van der Waals surface area contributed by atoms with Gasteiger partial charge in [-0.3, -0.25) is 4.79 Å². The summed E-state index contributed by atoms with van der Waals surface area (Å²) in [5.41, 5.74) is 0.695. The van der Waals surface area contributed by atoms with Crippen LogP contribution in [0.2, 0.25) is 0 Å². The lowest BCUT2D eigenvalue weighted by Gasteiger charge is -2.04. The first kappa shape index (κ1) is 11.4. The molecule has 0 saturated carbocycles. The predicted molar refractivity (Wildman–Crippen MR) is 57.2 cm³/mol. The van der Waals surface area contributed by atoms with Gasteiger partial charge in [-0.2, -0.15) is 0 Å². The average molecular weight is 206 g/mol. The van der Waals surface area contributed by atoms with E-state index in [4.69, 9.17) is 4.74 Å². The van der Waals surface area contributed by atoms with E-state index in [9.17, 15) is 9.59 Å². The molecule has 0 amide bonds. The SMILES string of the molecule is CCC(=O)c1ccc(OCCC=O)cc1. The molecule has 1 aromatic carbocycles. The molecule has 0 spiro atoms. The molecule has 15 heavy (non-hydrogen) atoms. The van der Waals surface area contributed by atoms with Crippen molar-refractivity contribution in [1.82, 2.24) is 0 Å². The lowest BCUT2D eigenvalue weighted by molar-refractivity contribution is -0.108. The largest absolute Gasteiger partial charge is 0.493 e. The average Bonchev–Trinajstić information content (AvgIpc) is 2.29. The molecular weight excluding hydrogens is 192 g/mol. The molecule has 0 heterocycles. The van der Waals surface area contributed by atoms with Crippen molar-refractivity contribution < 1.29 is 14.3 Å². The Labute approximate surface area is 89.1 Å². The normalized spacial score (nSPS) is 9.67. The van der Waals surface area contributed by atoms with E-state index in [1.807, 2.05) is 6.92 Å². The van der Waals surface area contributed by atoms with Crippen molar-refractivity contribution in [2.24, 2.45) is 0 Å². The summed E-state index contributed by atoms with van der Waals surface area (Å²) in [4.78, 5) is 21.4. The fourth-order valence-electron chi connectivity index (χ4n) is 1.17. The van der Waals surface area contributed by atoms with E-state index >= 15 is 0 Å². The molecule has 3 heteroatoms. The van der Waals surface area contributed by atoms with Crippen molar-refractivity contribution >= 4 is 12.1 Å². The Bertz CT molecular complexity index is 327. The highest BCUT2D eigenvalue weighted by Crippen LogP contribution is 2.13. The summed E-state index contributed by atoms with van der Waals surface area (Å²) >= 11 is 0. The maximum Gasteiger partial charge on any atom is 0.162 e. The summed E-state index contributed by atoms with van der Waals surface area (Å²) < 4.78 is 5.27. The Morgan fingerprint density at radius 1 is 1.33 bits per heavy atom. The van der Waals surface area contributed by atoms with Crippen molar-refractivity contribution in [3.05, 3.63) is 29.8 Å². The van der Waals surface area contributed by atoms with Crippen LogP contribution in [0.25, 0.3) is 0 Å². The third-order valence-corrected chi connectivity index (χ3v) is 2.00. The molecule has 0 N–H and O–H groups in total. The van der Waals surface area contributed by atoms with Crippen LogP contribution in [0.1, 0.15) is 30.1 Å². The highest BCUT2D eigenvalue weighted by Gasteiger charge is 2.02. The number of Topliss-reactive ketones (excluding diaryl/α,β-unsaturated/α-hetero) is 1. The summed E-state index contributed by atoms with van der Waals surface area (Å²) in [6, 6.07) is 6.96. The van der Waals surface area contributed by atoms with Crippen LogP contribution in [0, 0.1) is 0 Å². The summed E-state index contributed by atoms with van der Waals surface area (Å²) in [5, 5.41) is 0. The Morgan fingerprint density at radius 2 is 2.00 bits per heavy atom. The van der Waals surface area contributed by atoms with Crippen LogP contribution in [0.4, 0.5) is 0 Å². The molecule has 1 aromatic rings. The van der Waals surface area contributed by atoms with Crippen LogP contribution < -0.4 is 4.74 Å². The number of ketones is 1. The monoisotopic (exact) mass is 206 g/mol. The molecule has 0 saturated heterocycles. The highest BCUT2D eigenvalue weighted by atomic mass is 16.5. The number of ether oxygens (including phenoxy) is 1. The molecule has 0 unspecified atom stereocenters. The Kier molecular flexibility index (Phi) is 4.54. The molecule has 3 nitrogen and oxygen atoms in total. The zero-order chi connectivity index (χ0) is 11.1. The van der Waals surface area contributed by atoms with Gasteiger partial charge in [0, 0.05) is 18.4 Å². The number of rotatable bonds is 6. The van der Waals surface area contributed by atoms with Gasteiger partial charge in [0.1, 0.15) is 12.0 Å². The zero-order valence-corrected chi connectivity index (χ0v) is 8.73. The van der Waals surface area contributed by atoms with E-state index in [-0.39, 0.29) is 5.78 Å². The molecular formula is C12H14O3. The summed E-state index contributed by atoms with van der Waals surface area (Å²) in [6.45, 7) is 2.21. The quantitative estimate of drug-likeness (QED) is 0.407. The highest BCUT2D eigenvalue weighted by molar-refractivity contribution is 5.95. The summed E-state index contributed by atoms with van der Waals surface area (Å²) in [6.07, 6.45) is 1.70. The van der Waals surface area contributed by atoms with E-state index in [0.29, 0.717) is 30.8 Å². The van der Waals surface area contributed by atoms with Crippen molar-refractivity contribution in [2.45, 2.75) is 19.8 Å². The van der Waals surface area contributed by atoms with Gasteiger partial charge in [-0.25, -0.2) is 0 Å². The lowest BCUT2D eigenvalue weighted by Crippen LogP contribution is -1.99. The van der Waals surface area contributed by atoms with E-state index < -0.39 is 0 Å². The van der Waals surface area contributed by atoms with E-state index in [1.54, 1.807) is 24.3 Å². The van der Waals surface area contributed by atoms with Crippen LogP contribution in [0.3, 0.4) is 0 Å². The minimum atomic E-state index is 0.120. The summed E-state index contributed by atoms with van der Waals surface area (Å²) in [7, 11) is 0. The van der Waals surface area contributed by atoms with E-state index in [2.05, 4.69) is 0 Å². The molecule has 1 rings (SSSR count). The molecule has 80 valence electrons. The third kappa shape index (κ3) is 3.54. The van der Waals surface area contributed by atoms with Crippen LogP contribution in [-0.2, 0) is 4.79 Å². The summed E-state index contributed by atoms with van der Waals surface area (Å²) in [5.74, 6) is 0.805. The second kappa shape index (κ2) is 5.96. The van der Waals surface area contributed by atoms with E-state index in [1.165, 1.54) is 0 Å². The lowest BCUT2D eigenvalue weighted by atomic mass is 10.1. The molecule has 0 aliphatic heterocycles. The van der Waals surface area contributed by atoms with Crippen LogP contribution in [0.5, 0.6) is 5.75 Å². The molecule has 0 aliphatic rings. The molecule has 0 radical (unpaired) electrons. The van der Waals surface area contributed by atoms with Crippen LogP contribution >= 0.6 is 0 Å². The minimum Gasteiger partial charge on any atom is -0.493 e. The molecule has 0 bridgehead atoms. The first-order chi connectivity index (χ1) is 7.27. The smallest absolute Gasteiger partial charge is 0.162 e. The molecule has 0 aromatic heterocycles. The van der Waals surface area contributed by atoms with Crippen molar-refractivity contribution in [3.8, 4) is 5.75 Å². The van der Waals surface area contributed by atoms with Crippen molar-refractivity contribution in [1.29, 1.82) is 0 Å². The number of benzene rings is 1. The zero-order valence-electron chi connectivity index (χ0n) is 8.73. The number of hydrogen-bond donors (Lipinski definition) is 0. The maximum absolute atomic E-state index is 11.3. The second-order valence-corrected chi connectivity index (χ2v) is 3.10. The Hall–Kier alpha value is -1.64. The van der Waals surface area contributed by atoms with Gasteiger partial charge in [-0.05, 0) is 24.3 Å². The predicted octanol–water partition coefficient (Wildman–Crippen LogP) is 2.25. The van der Waals surface area contributed by atoms with Crippen LogP contribution in [-0.4, -0.2) is 18.7 Å². The van der Waals surface area contributed by atoms with Gasteiger partial charge in [0.05, 0.1) is 6.61 Å². The van der Waals surface area contributed by atoms with Crippen molar-refractivity contribution in [2.75, 3.05) is 6.61 Å². The van der Waals surface area contributed by atoms with Gasteiger partial charge in [0.25, 0.3) is 0 Å². The van der Waals surface area contributed by atoms with Gasteiger partial charge in [-0.15, -0.1) is 0 Å². The fraction of sp³-hybridized carbons (Fsp3) is 0.333. The van der Waals surface area contributed by atoms with Gasteiger partial charge < -0.3 is 9.53 Å². The first-order valence-corrected chi connectivity index (χ1v) is 4.97. The van der Waals surface area contributed by atoms with Gasteiger partial charge >= 0.3 is 0 Å². The second-order valence-electron chi connectivity index (χ2n) is 3.10.